The minimum absolute atomic E-state index is 0.00493. The molecule has 1 N–H and O–H groups in total. The Morgan fingerprint density at radius 1 is 0.809 bits per heavy atom. The first-order valence-electron chi connectivity index (χ1n) is 15.8. The van der Waals surface area contributed by atoms with Gasteiger partial charge in [0.25, 0.3) is 10.0 Å². The fraction of sp³-hybridized carbons (Fsp3) is 0.297. The van der Waals surface area contributed by atoms with Gasteiger partial charge < -0.3 is 10.2 Å². The van der Waals surface area contributed by atoms with Crippen LogP contribution in [0.1, 0.15) is 48.8 Å². The molecule has 4 aromatic carbocycles. The zero-order valence-electron chi connectivity index (χ0n) is 26.3. The van der Waals surface area contributed by atoms with Gasteiger partial charge in [-0.15, -0.1) is 0 Å². The average molecular weight is 693 g/mol. The van der Waals surface area contributed by atoms with Crippen LogP contribution in [0.3, 0.4) is 0 Å². The molecule has 0 aromatic heterocycles. The largest absolute Gasteiger partial charge is 0.352 e. The highest BCUT2D eigenvalue weighted by Crippen LogP contribution is 2.31. The lowest BCUT2D eigenvalue weighted by molar-refractivity contribution is -0.140. The number of carbonyl (C=O) groups excluding carboxylic acids is 2. The number of hydrogen-bond donors (Lipinski definition) is 1. The number of para-hydroxylation sites is 1. The van der Waals surface area contributed by atoms with Crippen LogP contribution in [0.2, 0.25) is 10.0 Å². The van der Waals surface area contributed by atoms with Crippen molar-refractivity contribution in [1.29, 1.82) is 0 Å². The van der Waals surface area contributed by atoms with Crippen molar-refractivity contribution in [2.75, 3.05) is 10.8 Å². The summed E-state index contributed by atoms with van der Waals surface area (Å²) in [6, 6.07) is 28.6. The molecule has 1 aliphatic carbocycles. The van der Waals surface area contributed by atoms with Gasteiger partial charge in [-0.05, 0) is 61.2 Å². The molecular weight excluding hydrogens is 653 g/mol. The summed E-state index contributed by atoms with van der Waals surface area (Å²) in [5.41, 5.74) is 2.55. The highest BCUT2D eigenvalue weighted by Gasteiger charge is 2.36. The fourth-order valence-corrected chi connectivity index (χ4v) is 7.83. The van der Waals surface area contributed by atoms with Crippen LogP contribution in [0.25, 0.3) is 0 Å². The predicted octanol–water partition coefficient (Wildman–Crippen LogP) is 7.59. The Morgan fingerprint density at radius 3 is 2.09 bits per heavy atom. The number of nitrogens with zero attached hydrogens (tertiary/aromatic N) is 2. The number of nitrogens with one attached hydrogen (secondary N) is 1. The van der Waals surface area contributed by atoms with Crippen molar-refractivity contribution in [2.45, 2.75) is 69.0 Å². The van der Waals surface area contributed by atoms with Gasteiger partial charge in [-0.2, -0.15) is 0 Å². The van der Waals surface area contributed by atoms with Gasteiger partial charge >= 0.3 is 0 Å². The lowest BCUT2D eigenvalue weighted by Crippen LogP contribution is -2.55. The Bertz CT molecular complexity index is 1780. The van der Waals surface area contributed by atoms with Gasteiger partial charge in [-0.25, -0.2) is 8.42 Å². The fourth-order valence-electron chi connectivity index (χ4n) is 5.91. The third-order valence-corrected chi connectivity index (χ3v) is 11.0. The van der Waals surface area contributed by atoms with Crippen LogP contribution in [0.4, 0.5) is 5.69 Å². The molecule has 47 heavy (non-hydrogen) atoms. The Labute approximate surface area is 287 Å². The molecule has 0 saturated heterocycles. The molecule has 4 aromatic rings. The summed E-state index contributed by atoms with van der Waals surface area (Å²) in [4.78, 5) is 30.4. The smallest absolute Gasteiger partial charge is 0.264 e. The maximum Gasteiger partial charge on any atom is 0.264 e. The summed E-state index contributed by atoms with van der Waals surface area (Å²) in [6.45, 7) is 1.27. The summed E-state index contributed by atoms with van der Waals surface area (Å²) < 4.78 is 29.5. The molecule has 1 atom stereocenters. The van der Waals surface area contributed by atoms with Gasteiger partial charge in [-0.3, -0.25) is 13.9 Å². The number of benzene rings is 4. The first-order valence-corrected chi connectivity index (χ1v) is 18.0. The number of carbonyl (C=O) groups is 2. The molecule has 1 aliphatic rings. The average Bonchev–Trinajstić information content (AvgIpc) is 3.07. The van der Waals surface area contributed by atoms with E-state index in [0.29, 0.717) is 10.6 Å². The van der Waals surface area contributed by atoms with Crippen LogP contribution >= 0.6 is 23.2 Å². The first-order chi connectivity index (χ1) is 22.6. The molecule has 246 valence electrons. The van der Waals surface area contributed by atoms with Gasteiger partial charge in [0, 0.05) is 24.0 Å². The van der Waals surface area contributed by atoms with Crippen molar-refractivity contribution in [3.05, 3.63) is 130 Å². The number of aryl methyl sites for hydroxylation is 1. The monoisotopic (exact) mass is 691 g/mol. The summed E-state index contributed by atoms with van der Waals surface area (Å²) >= 11 is 13.2. The van der Waals surface area contributed by atoms with Crippen molar-refractivity contribution in [3.63, 3.8) is 0 Å². The van der Waals surface area contributed by atoms with E-state index < -0.39 is 28.5 Å². The van der Waals surface area contributed by atoms with E-state index in [1.165, 1.54) is 17.0 Å². The SMILES string of the molecule is Cc1ccc(S(=O)(=O)N(CC(=O)N(Cc2ccccc2Cl)C(Cc2ccccc2)C(=O)NC2CCCCC2)c2ccccc2Cl)cc1. The minimum Gasteiger partial charge on any atom is -0.352 e. The molecule has 10 heteroatoms. The van der Waals surface area contributed by atoms with E-state index in [4.69, 9.17) is 23.2 Å². The molecule has 0 radical (unpaired) electrons. The maximum atomic E-state index is 14.7. The first kappa shape index (κ1) is 34.5. The van der Waals surface area contributed by atoms with Gasteiger partial charge in [0.1, 0.15) is 12.6 Å². The van der Waals surface area contributed by atoms with Crippen LogP contribution in [0.15, 0.2) is 108 Å². The summed E-state index contributed by atoms with van der Waals surface area (Å²) in [5.74, 6) is -0.855. The van der Waals surface area contributed by atoms with Gasteiger partial charge in [0.05, 0.1) is 15.6 Å². The number of hydrogen-bond acceptors (Lipinski definition) is 4. The van der Waals surface area contributed by atoms with E-state index in [2.05, 4.69) is 5.32 Å². The molecule has 1 unspecified atom stereocenters. The van der Waals surface area contributed by atoms with E-state index in [1.54, 1.807) is 54.6 Å². The van der Waals surface area contributed by atoms with Gasteiger partial charge in [0.15, 0.2) is 0 Å². The molecule has 5 rings (SSSR count). The van der Waals surface area contributed by atoms with E-state index >= 15 is 0 Å². The minimum atomic E-state index is -4.26. The number of halogens is 2. The number of amides is 2. The highest BCUT2D eigenvalue weighted by atomic mass is 35.5. The van der Waals surface area contributed by atoms with Crippen LogP contribution in [0.5, 0.6) is 0 Å². The number of anilines is 1. The molecule has 0 bridgehead atoms. The Hall–Kier alpha value is -3.85. The normalized spacial score (nSPS) is 14.3. The standard InChI is InChI=1S/C37H39Cl2N3O4S/c1-27-20-22-31(23-21-27)47(45,46)42(34-19-11-10-18-33(34)39)26-36(43)41(25-29-14-8-9-17-32(29)38)35(24-28-12-4-2-5-13-28)37(44)40-30-15-6-3-7-16-30/h2,4-5,8-14,17-23,30,35H,3,6-7,15-16,24-26H2,1H3,(H,40,44). The second-order valence-electron chi connectivity index (χ2n) is 11.9. The molecule has 0 aliphatic heterocycles. The molecule has 7 nitrogen and oxygen atoms in total. The maximum absolute atomic E-state index is 14.7. The van der Waals surface area contributed by atoms with Crippen LogP contribution in [-0.2, 0) is 32.6 Å². The number of rotatable bonds is 12. The zero-order valence-corrected chi connectivity index (χ0v) is 28.6. The summed E-state index contributed by atoms with van der Waals surface area (Å²) in [7, 11) is -4.26. The van der Waals surface area contributed by atoms with E-state index in [1.807, 2.05) is 43.3 Å². The van der Waals surface area contributed by atoms with E-state index in [9.17, 15) is 18.0 Å². The Balaban J connectivity index is 1.58. The van der Waals surface area contributed by atoms with E-state index in [-0.39, 0.29) is 40.5 Å². The summed E-state index contributed by atoms with van der Waals surface area (Å²) in [5, 5.41) is 3.82. The molecular formula is C37H39Cl2N3O4S. The highest BCUT2D eigenvalue weighted by molar-refractivity contribution is 7.92. The van der Waals surface area contributed by atoms with Crippen LogP contribution < -0.4 is 9.62 Å². The molecule has 0 heterocycles. The third kappa shape index (κ3) is 8.74. The van der Waals surface area contributed by atoms with E-state index in [0.717, 1.165) is 47.5 Å². The second kappa shape index (κ2) is 15.8. The second-order valence-corrected chi connectivity index (χ2v) is 14.6. The van der Waals surface area contributed by atoms with Crippen molar-refractivity contribution in [3.8, 4) is 0 Å². The van der Waals surface area contributed by atoms with Crippen molar-refractivity contribution >= 4 is 50.7 Å². The van der Waals surface area contributed by atoms with Gasteiger partial charge in [0.2, 0.25) is 11.8 Å². The Kier molecular flexibility index (Phi) is 11.6. The topological polar surface area (TPSA) is 86.8 Å². The molecule has 1 fully saturated rings. The van der Waals surface area contributed by atoms with Crippen molar-refractivity contribution < 1.29 is 18.0 Å². The third-order valence-electron chi connectivity index (χ3n) is 8.53. The predicted molar refractivity (Wildman–Crippen MR) is 188 cm³/mol. The zero-order chi connectivity index (χ0) is 33.4. The lowest BCUT2D eigenvalue weighted by atomic mass is 9.94. The molecule has 1 saturated carbocycles. The van der Waals surface area contributed by atoms with Gasteiger partial charge in [-0.1, -0.05) is 121 Å². The van der Waals surface area contributed by atoms with Crippen LogP contribution in [-0.4, -0.2) is 43.8 Å². The summed E-state index contributed by atoms with van der Waals surface area (Å²) in [6.07, 6.45) is 5.16. The van der Waals surface area contributed by atoms with Crippen LogP contribution in [0, 0.1) is 6.92 Å². The molecule has 2 amide bonds. The Morgan fingerprint density at radius 2 is 1.43 bits per heavy atom. The quantitative estimate of drug-likeness (QED) is 0.166. The lowest BCUT2D eigenvalue weighted by Gasteiger charge is -2.35. The van der Waals surface area contributed by atoms with Crippen molar-refractivity contribution in [2.24, 2.45) is 0 Å². The number of sulfonamides is 1. The van der Waals surface area contributed by atoms with Crippen molar-refractivity contribution in [1.82, 2.24) is 10.2 Å². The molecule has 0 spiro atoms.